The van der Waals surface area contributed by atoms with Gasteiger partial charge in [0.1, 0.15) is 0 Å². The molecule has 0 unspecified atom stereocenters. The Labute approximate surface area is 79.4 Å². The standard InChI is InChI=1S/C11H16S/c1-12-10-6-5-9-11-7-3-2-4-8-11/h2-4,7-8H,5-6,9-10H2,1H3. The molecule has 0 atom stereocenters. The second-order valence-corrected chi connectivity index (χ2v) is 3.92. The molecular weight excluding hydrogens is 164 g/mol. The first-order valence-corrected chi connectivity index (χ1v) is 5.86. The Kier molecular flexibility index (Phi) is 4.93. The van der Waals surface area contributed by atoms with E-state index >= 15 is 0 Å². The Morgan fingerprint density at radius 3 is 2.50 bits per heavy atom. The summed E-state index contributed by atoms with van der Waals surface area (Å²) in [7, 11) is 0. The average molecular weight is 180 g/mol. The Morgan fingerprint density at radius 2 is 1.83 bits per heavy atom. The lowest BCUT2D eigenvalue weighted by atomic mass is 10.1. The van der Waals surface area contributed by atoms with Gasteiger partial charge in [-0.25, -0.2) is 0 Å². The van der Waals surface area contributed by atoms with Crippen LogP contribution in [0.15, 0.2) is 30.3 Å². The third-order valence-electron chi connectivity index (χ3n) is 1.91. The van der Waals surface area contributed by atoms with Crippen LogP contribution in [0.2, 0.25) is 0 Å². The van der Waals surface area contributed by atoms with Gasteiger partial charge in [-0.1, -0.05) is 30.3 Å². The Hall–Kier alpha value is -0.430. The van der Waals surface area contributed by atoms with Crippen molar-refractivity contribution in [3.8, 4) is 0 Å². The fraction of sp³-hybridized carbons (Fsp3) is 0.455. The lowest BCUT2D eigenvalue weighted by Crippen LogP contribution is -1.86. The van der Waals surface area contributed by atoms with Crippen molar-refractivity contribution >= 4 is 11.8 Å². The van der Waals surface area contributed by atoms with Gasteiger partial charge in [-0.2, -0.15) is 11.8 Å². The zero-order valence-corrected chi connectivity index (χ0v) is 8.44. The summed E-state index contributed by atoms with van der Waals surface area (Å²) in [5, 5.41) is 0. The lowest BCUT2D eigenvalue weighted by Gasteiger charge is -1.99. The fourth-order valence-electron chi connectivity index (χ4n) is 1.22. The van der Waals surface area contributed by atoms with E-state index in [0.717, 1.165) is 0 Å². The molecule has 0 heterocycles. The van der Waals surface area contributed by atoms with Crippen molar-refractivity contribution in [1.29, 1.82) is 0 Å². The molecule has 1 rings (SSSR count). The van der Waals surface area contributed by atoms with Crippen molar-refractivity contribution in [3.63, 3.8) is 0 Å². The molecule has 0 nitrogen and oxygen atoms in total. The van der Waals surface area contributed by atoms with E-state index in [2.05, 4.69) is 36.6 Å². The van der Waals surface area contributed by atoms with Gasteiger partial charge < -0.3 is 0 Å². The molecule has 0 radical (unpaired) electrons. The van der Waals surface area contributed by atoms with Gasteiger partial charge in [0.25, 0.3) is 0 Å². The van der Waals surface area contributed by atoms with Gasteiger partial charge in [0.15, 0.2) is 0 Å². The summed E-state index contributed by atoms with van der Waals surface area (Å²) in [4.78, 5) is 0. The summed E-state index contributed by atoms with van der Waals surface area (Å²) in [6.07, 6.45) is 6.07. The van der Waals surface area contributed by atoms with Crippen molar-refractivity contribution in [2.45, 2.75) is 19.3 Å². The molecule has 0 aliphatic rings. The molecule has 1 aromatic rings. The number of thioether (sulfide) groups is 1. The maximum atomic E-state index is 2.21. The average Bonchev–Trinajstić information content (AvgIpc) is 2.14. The van der Waals surface area contributed by atoms with Gasteiger partial charge >= 0.3 is 0 Å². The van der Waals surface area contributed by atoms with Crippen LogP contribution in [-0.2, 0) is 6.42 Å². The summed E-state index contributed by atoms with van der Waals surface area (Å²) in [5.74, 6) is 1.30. The normalized spacial score (nSPS) is 10.1. The number of hydrogen-bond acceptors (Lipinski definition) is 1. The Bertz CT molecular complexity index is 193. The first-order valence-electron chi connectivity index (χ1n) is 4.46. The summed E-state index contributed by atoms with van der Waals surface area (Å²) in [5.41, 5.74) is 1.47. The highest BCUT2D eigenvalue weighted by Crippen LogP contribution is 2.06. The van der Waals surface area contributed by atoms with Crippen LogP contribution in [0.4, 0.5) is 0 Å². The van der Waals surface area contributed by atoms with Crippen LogP contribution in [-0.4, -0.2) is 12.0 Å². The van der Waals surface area contributed by atoms with Crippen molar-refractivity contribution in [1.82, 2.24) is 0 Å². The summed E-state index contributed by atoms with van der Waals surface area (Å²) in [6, 6.07) is 10.7. The number of hydrogen-bond donors (Lipinski definition) is 0. The predicted octanol–water partition coefficient (Wildman–Crippen LogP) is 3.37. The molecule has 1 aromatic carbocycles. The molecule has 0 bridgehead atoms. The number of aryl methyl sites for hydroxylation is 1. The molecule has 0 spiro atoms. The van der Waals surface area contributed by atoms with Gasteiger partial charge in [0.05, 0.1) is 0 Å². The highest BCUT2D eigenvalue weighted by Gasteiger charge is 1.90. The van der Waals surface area contributed by atoms with E-state index in [4.69, 9.17) is 0 Å². The first-order chi connectivity index (χ1) is 5.93. The Morgan fingerprint density at radius 1 is 1.08 bits per heavy atom. The van der Waals surface area contributed by atoms with Gasteiger partial charge in [0, 0.05) is 0 Å². The number of rotatable bonds is 5. The van der Waals surface area contributed by atoms with Crippen LogP contribution < -0.4 is 0 Å². The zero-order valence-electron chi connectivity index (χ0n) is 7.62. The SMILES string of the molecule is CSCCCCc1ccccc1. The third-order valence-corrected chi connectivity index (χ3v) is 2.60. The number of unbranched alkanes of at least 4 members (excludes halogenated alkanes) is 1. The minimum absolute atomic E-state index is 1.24. The largest absolute Gasteiger partial charge is 0.165 e. The van der Waals surface area contributed by atoms with Crippen molar-refractivity contribution in [3.05, 3.63) is 35.9 Å². The van der Waals surface area contributed by atoms with E-state index in [0.29, 0.717) is 0 Å². The summed E-state index contributed by atoms with van der Waals surface area (Å²) in [6.45, 7) is 0. The maximum Gasteiger partial charge on any atom is -0.00702 e. The zero-order chi connectivity index (χ0) is 8.65. The molecule has 0 fully saturated rings. The van der Waals surface area contributed by atoms with Crippen LogP contribution in [0.25, 0.3) is 0 Å². The highest BCUT2D eigenvalue weighted by molar-refractivity contribution is 7.98. The van der Waals surface area contributed by atoms with Gasteiger partial charge in [-0.05, 0) is 36.8 Å². The van der Waals surface area contributed by atoms with E-state index in [1.165, 1.54) is 30.6 Å². The van der Waals surface area contributed by atoms with E-state index in [1.807, 2.05) is 11.8 Å². The Balaban J connectivity index is 2.16. The van der Waals surface area contributed by atoms with Gasteiger partial charge in [-0.15, -0.1) is 0 Å². The van der Waals surface area contributed by atoms with Crippen molar-refractivity contribution < 1.29 is 0 Å². The van der Waals surface area contributed by atoms with Crippen molar-refractivity contribution in [2.24, 2.45) is 0 Å². The maximum absolute atomic E-state index is 2.21. The van der Waals surface area contributed by atoms with Crippen LogP contribution in [0, 0.1) is 0 Å². The lowest BCUT2D eigenvalue weighted by molar-refractivity contribution is 0.803. The summed E-state index contributed by atoms with van der Waals surface area (Å²) >= 11 is 1.94. The minimum Gasteiger partial charge on any atom is -0.165 e. The van der Waals surface area contributed by atoms with Crippen LogP contribution in [0.3, 0.4) is 0 Å². The molecule has 0 aliphatic heterocycles. The number of benzene rings is 1. The highest BCUT2D eigenvalue weighted by atomic mass is 32.2. The molecular formula is C11H16S. The second kappa shape index (κ2) is 6.13. The van der Waals surface area contributed by atoms with Crippen LogP contribution in [0.5, 0.6) is 0 Å². The van der Waals surface area contributed by atoms with E-state index in [1.54, 1.807) is 0 Å². The molecule has 0 saturated heterocycles. The van der Waals surface area contributed by atoms with E-state index in [9.17, 15) is 0 Å². The fourth-order valence-corrected chi connectivity index (χ4v) is 1.71. The smallest absolute Gasteiger partial charge is 0.00702 e. The monoisotopic (exact) mass is 180 g/mol. The molecule has 66 valence electrons. The van der Waals surface area contributed by atoms with Crippen molar-refractivity contribution in [2.75, 3.05) is 12.0 Å². The molecule has 0 aliphatic carbocycles. The van der Waals surface area contributed by atoms with Gasteiger partial charge in [0.2, 0.25) is 0 Å². The van der Waals surface area contributed by atoms with Gasteiger partial charge in [-0.3, -0.25) is 0 Å². The second-order valence-electron chi connectivity index (χ2n) is 2.94. The van der Waals surface area contributed by atoms with E-state index < -0.39 is 0 Å². The van der Waals surface area contributed by atoms with Crippen LogP contribution in [0.1, 0.15) is 18.4 Å². The quantitative estimate of drug-likeness (QED) is 0.626. The molecule has 12 heavy (non-hydrogen) atoms. The van der Waals surface area contributed by atoms with Crippen LogP contribution >= 0.6 is 11.8 Å². The minimum atomic E-state index is 1.24. The third kappa shape index (κ3) is 3.82. The first kappa shape index (κ1) is 9.66. The molecule has 0 saturated carbocycles. The topological polar surface area (TPSA) is 0 Å². The molecule has 0 amide bonds. The molecule has 0 aromatic heterocycles. The predicted molar refractivity (Wildman–Crippen MR) is 57.8 cm³/mol. The molecule has 0 N–H and O–H groups in total. The van der Waals surface area contributed by atoms with E-state index in [-0.39, 0.29) is 0 Å². The molecule has 1 heteroatoms. The summed E-state index contributed by atoms with van der Waals surface area (Å²) < 4.78 is 0.